The Balaban J connectivity index is 0.00000484. The number of alkyl halides is 6. The molecule has 0 bridgehead atoms. The molecule has 0 amide bonds. The number of nitrogens with zero attached hydrogens (tertiary/aromatic N) is 2. The molecule has 0 unspecified atom stereocenters. The number of morpholine rings is 2. The van der Waals surface area contributed by atoms with Gasteiger partial charge in [0.2, 0.25) is 0 Å². The summed E-state index contributed by atoms with van der Waals surface area (Å²) in [6, 6.07) is 7.69. The average Bonchev–Trinajstić information content (AvgIpc) is 2.90. The summed E-state index contributed by atoms with van der Waals surface area (Å²) in [6.45, 7) is -2.08. The minimum atomic E-state index is -5.11. The van der Waals surface area contributed by atoms with Gasteiger partial charge >= 0.3 is 12.4 Å². The van der Waals surface area contributed by atoms with Gasteiger partial charge in [0.25, 0.3) is 0 Å². The third kappa shape index (κ3) is 9.28. The highest BCUT2D eigenvalue weighted by molar-refractivity contribution is 6.31. The molecule has 5 nitrogen and oxygen atoms in total. The summed E-state index contributed by atoms with van der Waals surface area (Å²) >= 11 is 11.4. The Morgan fingerprint density at radius 3 is 1.45 bits per heavy atom. The van der Waals surface area contributed by atoms with E-state index in [1.54, 1.807) is 0 Å². The minimum Gasteiger partial charge on any atom is -0.371 e. The molecule has 0 N–H and O–H groups in total. The quantitative estimate of drug-likeness (QED) is 0.282. The van der Waals surface area contributed by atoms with Gasteiger partial charge in [-0.25, -0.2) is 8.78 Å². The first-order valence-electron chi connectivity index (χ1n) is 12.6. The number of benzene rings is 2. The van der Waals surface area contributed by atoms with Gasteiger partial charge in [0.1, 0.15) is 11.6 Å². The monoisotopic (exact) mass is 672 g/mol. The van der Waals surface area contributed by atoms with E-state index in [1.807, 2.05) is 0 Å². The van der Waals surface area contributed by atoms with Crippen LogP contribution in [-0.4, -0.2) is 86.8 Å². The highest BCUT2D eigenvalue weighted by atomic mass is 35.5. The van der Waals surface area contributed by atoms with Crippen molar-refractivity contribution in [2.24, 2.45) is 0 Å². The fraction of sp³-hybridized carbons (Fsp3) is 0.538. The van der Waals surface area contributed by atoms with Crippen LogP contribution in [0.5, 0.6) is 0 Å². The van der Waals surface area contributed by atoms with Crippen molar-refractivity contribution in [3.05, 3.63) is 69.2 Å². The summed E-state index contributed by atoms with van der Waals surface area (Å²) in [6.07, 6.45) is -17.4. The van der Waals surface area contributed by atoms with Crippen molar-refractivity contribution in [3.8, 4) is 0 Å². The second kappa shape index (κ2) is 14.6. The van der Waals surface area contributed by atoms with E-state index in [2.05, 4.69) is 0 Å². The van der Waals surface area contributed by atoms with Gasteiger partial charge in [-0.1, -0.05) is 35.3 Å². The molecule has 4 atom stereocenters. The lowest BCUT2D eigenvalue weighted by Crippen LogP contribution is -2.53. The van der Waals surface area contributed by atoms with Gasteiger partial charge in [0.15, 0.2) is 12.2 Å². The van der Waals surface area contributed by atoms with Crippen molar-refractivity contribution in [1.29, 1.82) is 0 Å². The zero-order chi connectivity index (χ0) is 29.9. The maximum Gasteiger partial charge on any atom is 0.415 e. The van der Waals surface area contributed by atoms with E-state index in [0.717, 1.165) is 12.1 Å². The lowest BCUT2D eigenvalue weighted by Gasteiger charge is -2.38. The van der Waals surface area contributed by atoms with Crippen LogP contribution in [-0.2, 0) is 14.2 Å². The number of ether oxygens (including phenoxy) is 3. The first-order chi connectivity index (χ1) is 19.2. The van der Waals surface area contributed by atoms with E-state index >= 15 is 0 Å². The van der Waals surface area contributed by atoms with Crippen LogP contribution in [0.15, 0.2) is 36.4 Å². The molecule has 0 aromatic heterocycles. The highest BCUT2D eigenvalue weighted by Gasteiger charge is 2.50. The fourth-order valence-corrected chi connectivity index (χ4v) is 4.92. The van der Waals surface area contributed by atoms with E-state index in [0.29, 0.717) is 11.1 Å². The van der Waals surface area contributed by atoms with Crippen LogP contribution in [0.4, 0.5) is 35.1 Å². The zero-order valence-electron chi connectivity index (χ0n) is 21.7. The Morgan fingerprint density at radius 1 is 0.738 bits per heavy atom. The average molecular weight is 674 g/mol. The number of rotatable bonds is 8. The van der Waals surface area contributed by atoms with Crippen LogP contribution in [0.1, 0.15) is 23.3 Å². The molecule has 2 aliphatic heterocycles. The van der Waals surface area contributed by atoms with Gasteiger partial charge in [-0.3, -0.25) is 9.80 Å². The summed E-state index contributed by atoms with van der Waals surface area (Å²) in [7, 11) is 0. The Bertz CT molecular complexity index is 1100. The van der Waals surface area contributed by atoms with Crippen molar-refractivity contribution in [2.75, 3.05) is 52.5 Å². The zero-order valence-corrected chi connectivity index (χ0v) is 24.1. The number of hydrogen-bond donors (Lipinski definition) is 0. The van der Waals surface area contributed by atoms with Crippen LogP contribution in [0.2, 0.25) is 10.0 Å². The van der Waals surface area contributed by atoms with Crippen LogP contribution in [0.3, 0.4) is 0 Å². The van der Waals surface area contributed by atoms with E-state index in [1.165, 1.54) is 34.1 Å². The second-order valence-electron chi connectivity index (χ2n) is 9.78. The predicted octanol–water partition coefficient (Wildman–Crippen LogP) is 7.02. The van der Waals surface area contributed by atoms with E-state index < -0.39 is 61.5 Å². The summed E-state index contributed by atoms with van der Waals surface area (Å²) < 4.78 is 128. The third-order valence-electron chi connectivity index (χ3n) is 6.84. The number of hydrogen-bond acceptors (Lipinski definition) is 5. The van der Waals surface area contributed by atoms with Crippen molar-refractivity contribution in [1.82, 2.24) is 9.80 Å². The molecule has 2 aromatic carbocycles. The van der Waals surface area contributed by atoms with E-state index in [4.69, 9.17) is 37.4 Å². The van der Waals surface area contributed by atoms with Crippen LogP contribution >= 0.6 is 35.6 Å². The molecule has 16 heteroatoms. The van der Waals surface area contributed by atoms with Crippen molar-refractivity contribution in [2.45, 2.75) is 36.8 Å². The van der Waals surface area contributed by atoms with Crippen molar-refractivity contribution in [3.63, 3.8) is 0 Å². The summed E-state index contributed by atoms with van der Waals surface area (Å²) in [5.74, 6) is -1.47. The Hall–Kier alpha value is -1.45. The molecule has 2 saturated heterocycles. The molecule has 236 valence electrons. The fourth-order valence-electron chi connectivity index (χ4n) is 4.68. The molecule has 0 aliphatic carbocycles. The summed E-state index contributed by atoms with van der Waals surface area (Å²) in [4.78, 5) is 2.54. The lowest BCUT2D eigenvalue weighted by molar-refractivity contribution is -0.292. The molecule has 2 aliphatic rings. The topological polar surface area (TPSA) is 34.2 Å². The predicted molar refractivity (Wildman–Crippen MR) is 141 cm³/mol. The standard InChI is InChI=1S/C26H26Cl2F8N2O3.ClH/c27-17-3-1-15(9-19(17)29)21-11-37(5-7-39-21)13-23(25(31,32)33)41-24(26(34,35)36)14-38-6-8-40-22(12-38)16-2-4-18(28)20(30)10-16;/h1-4,9-10,21-24H,5-8,11-14H2;1H/t21-,22-,23-,24-;/m0./s1. The van der Waals surface area contributed by atoms with Gasteiger partial charge in [0.05, 0.1) is 35.5 Å². The first kappa shape index (κ1) is 35.0. The maximum absolute atomic E-state index is 14.0. The second-order valence-corrected chi connectivity index (χ2v) is 10.6. The van der Waals surface area contributed by atoms with Crippen LogP contribution < -0.4 is 0 Å². The molecule has 2 heterocycles. The Labute approximate surface area is 253 Å². The van der Waals surface area contributed by atoms with Gasteiger partial charge < -0.3 is 14.2 Å². The third-order valence-corrected chi connectivity index (χ3v) is 7.45. The summed E-state index contributed by atoms with van der Waals surface area (Å²) in [5, 5.41) is -0.283. The van der Waals surface area contributed by atoms with Gasteiger partial charge in [0, 0.05) is 39.3 Å². The molecule has 0 spiro atoms. The normalized spacial score (nSPS) is 22.4. The molecule has 0 radical (unpaired) electrons. The summed E-state index contributed by atoms with van der Waals surface area (Å²) in [5.41, 5.74) is 0.661. The lowest BCUT2D eigenvalue weighted by atomic mass is 10.1. The van der Waals surface area contributed by atoms with Gasteiger partial charge in [-0.05, 0) is 35.4 Å². The smallest absolute Gasteiger partial charge is 0.371 e. The Morgan fingerprint density at radius 2 is 1.12 bits per heavy atom. The van der Waals surface area contributed by atoms with Crippen molar-refractivity contribution >= 4 is 35.6 Å². The Kier molecular flexibility index (Phi) is 12.1. The first-order valence-corrected chi connectivity index (χ1v) is 13.3. The molecular weight excluding hydrogens is 647 g/mol. The van der Waals surface area contributed by atoms with E-state index in [-0.39, 0.29) is 61.8 Å². The minimum absolute atomic E-state index is 0. The van der Waals surface area contributed by atoms with Crippen LogP contribution in [0, 0.1) is 11.6 Å². The molecular formula is C26H27Cl3F8N2O3. The largest absolute Gasteiger partial charge is 0.415 e. The highest BCUT2D eigenvalue weighted by Crippen LogP contribution is 2.34. The molecule has 0 saturated carbocycles. The van der Waals surface area contributed by atoms with E-state index in [9.17, 15) is 35.1 Å². The van der Waals surface area contributed by atoms with Gasteiger partial charge in [-0.2, -0.15) is 26.3 Å². The maximum atomic E-state index is 14.0. The van der Waals surface area contributed by atoms with Crippen molar-refractivity contribution < 1.29 is 49.3 Å². The molecule has 2 fully saturated rings. The van der Waals surface area contributed by atoms with Gasteiger partial charge in [-0.15, -0.1) is 12.4 Å². The molecule has 42 heavy (non-hydrogen) atoms. The molecule has 2 aromatic rings. The molecule has 4 rings (SSSR count). The SMILES string of the molecule is Cl.Fc1cc([C@@H]2CN(C[C@H](O[C@@H](CN3CCO[C@H](c4ccc(Cl)c(F)c4)C3)C(F)(F)F)C(F)(F)F)CCO2)ccc1Cl. The van der Waals surface area contributed by atoms with Crippen LogP contribution in [0.25, 0.3) is 0 Å². The number of halogens is 11.